The van der Waals surface area contributed by atoms with Crippen molar-refractivity contribution >= 4 is 21.8 Å². The van der Waals surface area contributed by atoms with E-state index in [9.17, 15) is 0 Å². The molecule has 1 heteroatoms. The van der Waals surface area contributed by atoms with Crippen LogP contribution in [-0.2, 0) is 0 Å². The standard InChI is InChI=1S/C16H15N/c1-10-4-6-13-12(3)14-7-5-11(2)9-16(14)17-15(13)8-10/h4-9H,1-3H3. The average Bonchev–Trinajstić information content (AvgIpc) is 2.28. The molecule has 1 nitrogen and oxygen atoms in total. The number of rotatable bonds is 0. The SMILES string of the molecule is Cc1ccc2c(C)c3ccc(C)cc3nc2c1. The van der Waals surface area contributed by atoms with Gasteiger partial charge in [0.05, 0.1) is 11.0 Å². The molecule has 1 aromatic heterocycles. The summed E-state index contributed by atoms with van der Waals surface area (Å²) in [5.74, 6) is 0. The second-order valence-electron chi connectivity index (χ2n) is 4.78. The minimum Gasteiger partial charge on any atom is -0.248 e. The Hall–Kier alpha value is -1.89. The molecule has 0 aliphatic carbocycles. The van der Waals surface area contributed by atoms with E-state index in [2.05, 4.69) is 57.2 Å². The van der Waals surface area contributed by atoms with Gasteiger partial charge in [-0.2, -0.15) is 0 Å². The highest BCUT2D eigenvalue weighted by molar-refractivity contribution is 5.97. The molecule has 1 heterocycles. The molecule has 0 bridgehead atoms. The van der Waals surface area contributed by atoms with E-state index >= 15 is 0 Å². The van der Waals surface area contributed by atoms with Crippen molar-refractivity contribution < 1.29 is 0 Å². The predicted molar refractivity (Wildman–Crippen MR) is 73.5 cm³/mol. The lowest BCUT2D eigenvalue weighted by molar-refractivity contribution is 1.40. The van der Waals surface area contributed by atoms with Gasteiger partial charge in [0.25, 0.3) is 0 Å². The van der Waals surface area contributed by atoms with Crippen molar-refractivity contribution in [2.24, 2.45) is 0 Å². The first kappa shape index (κ1) is 10.3. The topological polar surface area (TPSA) is 12.9 Å². The van der Waals surface area contributed by atoms with Crippen LogP contribution in [0.25, 0.3) is 21.8 Å². The van der Waals surface area contributed by atoms with Crippen LogP contribution in [0.2, 0.25) is 0 Å². The van der Waals surface area contributed by atoms with Gasteiger partial charge in [0.1, 0.15) is 0 Å². The number of nitrogens with zero attached hydrogens (tertiary/aromatic N) is 1. The molecular weight excluding hydrogens is 206 g/mol. The first-order valence-electron chi connectivity index (χ1n) is 5.92. The average molecular weight is 221 g/mol. The minimum atomic E-state index is 1.10. The number of aromatic nitrogens is 1. The molecule has 3 aromatic rings. The summed E-state index contributed by atoms with van der Waals surface area (Å²) in [4.78, 5) is 4.76. The Morgan fingerprint density at radius 2 is 1.18 bits per heavy atom. The Morgan fingerprint density at radius 3 is 1.65 bits per heavy atom. The van der Waals surface area contributed by atoms with E-state index in [1.807, 2.05) is 0 Å². The summed E-state index contributed by atoms with van der Waals surface area (Å²) < 4.78 is 0. The fourth-order valence-corrected chi connectivity index (χ4v) is 2.38. The Bertz CT molecular complexity index is 666. The van der Waals surface area contributed by atoms with Gasteiger partial charge in [0.15, 0.2) is 0 Å². The molecule has 0 saturated carbocycles. The van der Waals surface area contributed by atoms with E-state index in [0.717, 1.165) is 11.0 Å². The van der Waals surface area contributed by atoms with Crippen LogP contribution in [0.15, 0.2) is 36.4 Å². The molecule has 0 atom stereocenters. The molecule has 0 fully saturated rings. The van der Waals surface area contributed by atoms with Crippen molar-refractivity contribution in [2.75, 3.05) is 0 Å². The van der Waals surface area contributed by atoms with E-state index in [-0.39, 0.29) is 0 Å². The highest BCUT2D eigenvalue weighted by Gasteiger charge is 2.05. The van der Waals surface area contributed by atoms with E-state index in [1.165, 1.54) is 27.5 Å². The molecule has 0 spiro atoms. The van der Waals surface area contributed by atoms with Gasteiger partial charge in [-0.05, 0) is 49.6 Å². The van der Waals surface area contributed by atoms with Crippen LogP contribution < -0.4 is 0 Å². The van der Waals surface area contributed by atoms with E-state index in [1.54, 1.807) is 0 Å². The molecule has 0 N–H and O–H groups in total. The van der Waals surface area contributed by atoms with Gasteiger partial charge >= 0.3 is 0 Å². The monoisotopic (exact) mass is 221 g/mol. The highest BCUT2D eigenvalue weighted by atomic mass is 14.7. The van der Waals surface area contributed by atoms with Crippen molar-refractivity contribution in [1.29, 1.82) is 0 Å². The molecule has 0 saturated heterocycles. The molecule has 0 aliphatic heterocycles. The van der Waals surface area contributed by atoms with Gasteiger partial charge in [0.2, 0.25) is 0 Å². The number of fused-ring (bicyclic) bond motifs is 2. The Morgan fingerprint density at radius 1 is 0.706 bits per heavy atom. The Balaban J connectivity index is 2.52. The van der Waals surface area contributed by atoms with Crippen LogP contribution in [0, 0.1) is 20.8 Å². The van der Waals surface area contributed by atoms with Crippen LogP contribution in [0.4, 0.5) is 0 Å². The zero-order valence-electron chi connectivity index (χ0n) is 10.4. The van der Waals surface area contributed by atoms with Crippen LogP contribution >= 0.6 is 0 Å². The van der Waals surface area contributed by atoms with Crippen molar-refractivity contribution in [2.45, 2.75) is 20.8 Å². The smallest absolute Gasteiger partial charge is 0.0715 e. The molecule has 3 rings (SSSR count). The summed E-state index contributed by atoms with van der Waals surface area (Å²) in [6, 6.07) is 13.0. The second kappa shape index (κ2) is 3.56. The number of aryl methyl sites for hydroxylation is 3. The first-order chi connectivity index (χ1) is 8.15. The Labute approximate surface area is 101 Å². The number of benzene rings is 2. The highest BCUT2D eigenvalue weighted by Crippen LogP contribution is 2.26. The van der Waals surface area contributed by atoms with Gasteiger partial charge in [-0.3, -0.25) is 0 Å². The van der Waals surface area contributed by atoms with Crippen LogP contribution in [-0.4, -0.2) is 4.98 Å². The number of hydrogen-bond acceptors (Lipinski definition) is 1. The Kier molecular flexibility index (Phi) is 2.15. The maximum atomic E-state index is 4.76. The maximum Gasteiger partial charge on any atom is 0.0715 e. The summed E-state index contributed by atoms with van der Waals surface area (Å²) in [6.07, 6.45) is 0. The summed E-state index contributed by atoms with van der Waals surface area (Å²) in [6.45, 7) is 6.39. The summed E-state index contributed by atoms with van der Waals surface area (Å²) >= 11 is 0. The molecule has 0 aliphatic rings. The molecule has 0 unspecified atom stereocenters. The van der Waals surface area contributed by atoms with E-state index < -0.39 is 0 Å². The summed E-state index contributed by atoms with van der Waals surface area (Å²) in [7, 11) is 0. The lowest BCUT2D eigenvalue weighted by Crippen LogP contribution is -1.89. The normalized spacial score (nSPS) is 11.2. The quantitative estimate of drug-likeness (QED) is 0.515. The zero-order chi connectivity index (χ0) is 12.0. The van der Waals surface area contributed by atoms with Crippen molar-refractivity contribution in [3.8, 4) is 0 Å². The third-order valence-corrected chi connectivity index (χ3v) is 3.36. The summed E-state index contributed by atoms with van der Waals surface area (Å²) in [5.41, 5.74) is 6.04. The van der Waals surface area contributed by atoms with Crippen LogP contribution in [0.3, 0.4) is 0 Å². The minimum absolute atomic E-state index is 1.10. The molecule has 84 valence electrons. The van der Waals surface area contributed by atoms with E-state index in [4.69, 9.17) is 4.98 Å². The third-order valence-electron chi connectivity index (χ3n) is 3.36. The van der Waals surface area contributed by atoms with Crippen molar-refractivity contribution in [1.82, 2.24) is 4.98 Å². The van der Waals surface area contributed by atoms with Gasteiger partial charge < -0.3 is 0 Å². The largest absolute Gasteiger partial charge is 0.248 e. The second-order valence-corrected chi connectivity index (χ2v) is 4.78. The lowest BCUT2D eigenvalue weighted by Gasteiger charge is -2.08. The van der Waals surface area contributed by atoms with E-state index in [0.29, 0.717) is 0 Å². The van der Waals surface area contributed by atoms with Gasteiger partial charge in [0, 0.05) is 10.8 Å². The molecule has 2 aromatic carbocycles. The molecule has 17 heavy (non-hydrogen) atoms. The molecule has 0 radical (unpaired) electrons. The maximum absolute atomic E-state index is 4.76. The summed E-state index contributed by atoms with van der Waals surface area (Å²) in [5, 5.41) is 2.51. The number of pyridine rings is 1. The van der Waals surface area contributed by atoms with Crippen LogP contribution in [0.1, 0.15) is 16.7 Å². The first-order valence-corrected chi connectivity index (χ1v) is 5.92. The van der Waals surface area contributed by atoms with Gasteiger partial charge in [-0.15, -0.1) is 0 Å². The fourth-order valence-electron chi connectivity index (χ4n) is 2.38. The lowest BCUT2D eigenvalue weighted by atomic mass is 10.0. The third kappa shape index (κ3) is 1.59. The molecule has 0 amide bonds. The molecular formula is C16H15N. The van der Waals surface area contributed by atoms with Gasteiger partial charge in [-0.1, -0.05) is 24.3 Å². The van der Waals surface area contributed by atoms with Gasteiger partial charge in [-0.25, -0.2) is 4.98 Å². The predicted octanol–water partition coefficient (Wildman–Crippen LogP) is 4.31. The van der Waals surface area contributed by atoms with Crippen molar-refractivity contribution in [3.63, 3.8) is 0 Å². The fraction of sp³-hybridized carbons (Fsp3) is 0.188. The zero-order valence-corrected chi connectivity index (χ0v) is 10.4. The number of hydrogen-bond donors (Lipinski definition) is 0. The van der Waals surface area contributed by atoms with Crippen LogP contribution in [0.5, 0.6) is 0 Å². The van der Waals surface area contributed by atoms with Crippen molar-refractivity contribution in [3.05, 3.63) is 53.1 Å².